The van der Waals surface area contributed by atoms with Crippen LogP contribution in [0.3, 0.4) is 0 Å². The molecule has 2 aliphatic rings. The molecule has 0 aromatic carbocycles. The molecule has 0 nitrogen and oxygen atoms in total. The van der Waals surface area contributed by atoms with E-state index in [9.17, 15) is 0 Å². The van der Waals surface area contributed by atoms with E-state index < -0.39 is 8.80 Å². The van der Waals surface area contributed by atoms with Crippen LogP contribution in [0.2, 0.25) is 6.04 Å². The van der Waals surface area contributed by atoms with E-state index >= 15 is 0 Å². The van der Waals surface area contributed by atoms with Gasteiger partial charge >= 0.3 is 0 Å². The minimum absolute atomic E-state index is 0.742. The van der Waals surface area contributed by atoms with Crippen LogP contribution in [0.15, 0.2) is 46.8 Å². The van der Waals surface area contributed by atoms with Crippen LogP contribution in [0.5, 0.6) is 0 Å². The molecule has 0 bridgehead atoms. The van der Waals surface area contributed by atoms with Crippen LogP contribution in [0.25, 0.3) is 0 Å². The molecule has 0 radical (unpaired) electrons. The monoisotopic (exact) mass is 202 g/mol. The molecule has 1 heteroatoms. The Bertz CT molecular complexity index is 288. The van der Waals surface area contributed by atoms with E-state index in [0.29, 0.717) is 0 Å². The van der Waals surface area contributed by atoms with Crippen molar-refractivity contribution in [3.63, 3.8) is 0 Å². The highest BCUT2D eigenvalue weighted by Crippen LogP contribution is 2.27. The predicted molar refractivity (Wildman–Crippen MR) is 65.9 cm³/mol. The Morgan fingerprint density at radius 3 is 2.00 bits per heavy atom. The van der Waals surface area contributed by atoms with Gasteiger partial charge in [-0.25, -0.2) is 0 Å². The van der Waals surface area contributed by atoms with Crippen molar-refractivity contribution in [2.75, 3.05) is 0 Å². The number of rotatable bonds is 4. The highest BCUT2D eigenvalue weighted by molar-refractivity contribution is 6.74. The summed E-state index contributed by atoms with van der Waals surface area (Å²) in [4.78, 5) is 0. The molecule has 0 saturated heterocycles. The van der Waals surface area contributed by atoms with Gasteiger partial charge in [-0.15, -0.1) is 0 Å². The van der Waals surface area contributed by atoms with Crippen LogP contribution in [-0.4, -0.2) is 8.80 Å². The summed E-state index contributed by atoms with van der Waals surface area (Å²) in [6.07, 6.45) is 17.6. The van der Waals surface area contributed by atoms with Gasteiger partial charge in [-0.1, -0.05) is 66.2 Å². The van der Waals surface area contributed by atoms with E-state index in [1.54, 1.807) is 10.4 Å². The third kappa shape index (κ3) is 1.98. The molecule has 0 amide bonds. The van der Waals surface area contributed by atoms with Crippen LogP contribution in [0.1, 0.15) is 26.2 Å². The van der Waals surface area contributed by atoms with Crippen LogP contribution in [0.4, 0.5) is 0 Å². The van der Waals surface area contributed by atoms with Crippen LogP contribution in [0, 0.1) is 0 Å². The van der Waals surface area contributed by atoms with E-state index in [-0.39, 0.29) is 0 Å². The molecule has 0 unspecified atom stereocenters. The van der Waals surface area contributed by atoms with Crippen LogP contribution in [-0.2, 0) is 0 Å². The number of hydrogen-bond acceptors (Lipinski definition) is 0. The van der Waals surface area contributed by atoms with Crippen molar-refractivity contribution in [3.05, 3.63) is 46.8 Å². The lowest BCUT2D eigenvalue weighted by molar-refractivity contribution is 1.06. The van der Waals surface area contributed by atoms with Crippen molar-refractivity contribution in [2.45, 2.75) is 32.2 Å². The van der Waals surface area contributed by atoms with Crippen molar-refractivity contribution in [1.82, 2.24) is 0 Å². The largest absolute Gasteiger partial charge is 0.0933 e. The minimum Gasteiger partial charge on any atom is -0.0809 e. The molecular weight excluding hydrogens is 184 g/mol. The Balaban J connectivity index is 2.07. The quantitative estimate of drug-likeness (QED) is 0.612. The Kier molecular flexibility index (Phi) is 3.20. The van der Waals surface area contributed by atoms with Gasteiger partial charge in [0.15, 0.2) is 0 Å². The van der Waals surface area contributed by atoms with Gasteiger partial charge in [-0.05, 0) is 12.8 Å². The van der Waals surface area contributed by atoms with Crippen molar-refractivity contribution < 1.29 is 0 Å². The molecule has 14 heavy (non-hydrogen) atoms. The average Bonchev–Trinajstić information content (AvgIpc) is 2.87. The number of hydrogen-bond donors (Lipinski definition) is 0. The van der Waals surface area contributed by atoms with E-state index in [2.05, 4.69) is 43.4 Å². The van der Waals surface area contributed by atoms with Gasteiger partial charge in [-0.3, -0.25) is 0 Å². The third-order valence-electron chi connectivity index (χ3n) is 3.07. The molecule has 0 aromatic rings. The first-order valence-electron chi connectivity index (χ1n) is 5.63. The summed E-state index contributed by atoms with van der Waals surface area (Å²) in [6, 6.07) is 1.45. The second-order valence-corrected chi connectivity index (χ2v) is 7.25. The molecular formula is C13H18Si. The van der Waals surface area contributed by atoms with Crippen molar-refractivity contribution >= 4 is 8.80 Å². The molecule has 0 saturated carbocycles. The van der Waals surface area contributed by atoms with Gasteiger partial charge in [0.25, 0.3) is 0 Å². The van der Waals surface area contributed by atoms with E-state index in [4.69, 9.17) is 0 Å². The average molecular weight is 202 g/mol. The van der Waals surface area contributed by atoms with Crippen molar-refractivity contribution in [1.29, 1.82) is 0 Å². The van der Waals surface area contributed by atoms with Crippen LogP contribution >= 0.6 is 0 Å². The highest BCUT2D eigenvalue weighted by Gasteiger charge is 2.20. The standard InChI is InChI=1S/C13H18Si/c1-2-11-14(12-7-3-4-8-12)13-9-5-6-10-13/h3-7,9,14H,2,8,10-11H2,1H3. The smallest absolute Gasteiger partial charge is 0.0809 e. The molecule has 0 aliphatic heterocycles. The first-order valence-corrected chi connectivity index (χ1v) is 7.60. The lowest BCUT2D eigenvalue weighted by atomic mass is 10.5. The molecule has 0 aromatic heterocycles. The summed E-state index contributed by atoms with van der Waals surface area (Å²) in [5.41, 5.74) is 0. The zero-order valence-corrected chi connectivity index (χ0v) is 10.0. The maximum absolute atomic E-state index is 2.37. The first-order chi connectivity index (χ1) is 6.92. The Morgan fingerprint density at radius 2 is 1.64 bits per heavy atom. The summed E-state index contributed by atoms with van der Waals surface area (Å²) >= 11 is 0. The van der Waals surface area contributed by atoms with Gasteiger partial charge in [0.05, 0.1) is 8.80 Å². The molecule has 0 atom stereocenters. The van der Waals surface area contributed by atoms with E-state index in [0.717, 1.165) is 0 Å². The summed E-state index contributed by atoms with van der Waals surface area (Å²) in [5.74, 6) is 0. The first kappa shape index (κ1) is 9.72. The summed E-state index contributed by atoms with van der Waals surface area (Å²) < 4.78 is 0. The molecule has 0 spiro atoms. The molecule has 0 fully saturated rings. The molecule has 0 N–H and O–H groups in total. The van der Waals surface area contributed by atoms with Crippen molar-refractivity contribution in [2.24, 2.45) is 0 Å². The molecule has 0 heterocycles. The Labute approximate surface area is 88.3 Å². The summed E-state index contributed by atoms with van der Waals surface area (Å²) in [6.45, 7) is 2.31. The number of allylic oxidation sites excluding steroid dienone is 8. The Hall–Kier alpha value is -0.823. The topological polar surface area (TPSA) is 0 Å². The van der Waals surface area contributed by atoms with Gasteiger partial charge < -0.3 is 0 Å². The fourth-order valence-electron chi connectivity index (χ4n) is 2.34. The second kappa shape index (κ2) is 4.60. The van der Waals surface area contributed by atoms with Gasteiger partial charge in [0, 0.05) is 0 Å². The second-order valence-electron chi connectivity index (χ2n) is 4.09. The van der Waals surface area contributed by atoms with E-state index in [1.807, 2.05) is 0 Å². The summed E-state index contributed by atoms with van der Waals surface area (Å²) in [5, 5.41) is 3.50. The summed E-state index contributed by atoms with van der Waals surface area (Å²) in [7, 11) is -0.742. The van der Waals surface area contributed by atoms with Crippen molar-refractivity contribution in [3.8, 4) is 0 Å². The highest BCUT2D eigenvalue weighted by atomic mass is 28.3. The minimum atomic E-state index is -0.742. The van der Waals surface area contributed by atoms with Gasteiger partial charge in [-0.2, -0.15) is 0 Å². The van der Waals surface area contributed by atoms with Crippen LogP contribution < -0.4 is 0 Å². The lowest BCUT2D eigenvalue weighted by Gasteiger charge is -2.17. The fraction of sp³-hybridized carbons (Fsp3) is 0.385. The zero-order valence-electron chi connectivity index (χ0n) is 8.87. The van der Waals surface area contributed by atoms with Gasteiger partial charge in [0.1, 0.15) is 0 Å². The lowest BCUT2D eigenvalue weighted by Crippen LogP contribution is -2.18. The maximum Gasteiger partial charge on any atom is 0.0933 e. The SMILES string of the molecule is CCC[SiH](C1=CC=CC1)C1=CC=CC1. The Morgan fingerprint density at radius 1 is 1.07 bits per heavy atom. The normalized spacial score (nSPS) is 19.3. The molecule has 74 valence electrons. The fourth-order valence-corrected chi connectivity index (χ4v) is 5.67. The molecule has 2 rings (SSSR count). The third-order valence-corrected chi connectivity index (χ3v) is 6.87. The van der Waals surface area contributed by atoms with E-state index in [1.165, 1.54) is 25.3 Å². The predicted octanol–water partition coefficient (Wildman–Crippen LogP) is 3.47. The maximum atomic E-state index is 2.37. The van der Waals surface area contributed by atoms with Gasteiger partial charge in [0.2, 0.25) is 0 Å². The zero-order chi connectivity index (χ0) is 9.80. The molecule has 2 aliphatic carbocycles.